The lowest BCUT2D eigenvalue weighted by Gasteiger charge is -2.35. The normalized spacial score (nSPS) is 18.7. The molecule has 2 aromatic heterocycles. The average Bonchev–Trinajstić information content (AvgIpc) is 3.47. The number of amidine groups is 1. The molecule has 10 nitrogen and oxygen atoms in total. The van der Waals surface area contributed by atoms with E-state index in [0.717, 1.165) is 35.8 Å². The molecule has 1 saturated carbocycles. The number of aliphatic imine (C=N–C) groups is 2. The molecule has 3 aromatic rings. The predicted octanol–water partition coefficient (Wildman–Crippen LogP) is 3.94. The van der Waals surface area contributed by atoms with Crippen LogP contribution in [0, 0.1) is 18.7 Å². The van der Waals surface area contributed by atoms with E-state index >= 15 is 4.39 Å². The van der Waals surface area contributed by atoms with Crippen LogP contribution in [0.5, 0.6) is 5.75 Å². The van der Waals surface area contributed by atoms with Crippen molar-refractivity contribution in [1.82, 2.24) is 25.0 Å². The van der Waals surface area contributed by atoms with Crippen molar-refractivity contribution in [2.75, 3.05) is 52.4 Å². The van der Waals surface area contributed by atoms with E-state index in [-0.39, 0.29) is 18.6 Å². The molecule has 0 amide bonds. The number of rotatable bonds is 11. The molecule has 2 aliphatic rings. The van der Waals surface area contributed by atoms with E-state index in [1.54, 1.807) is 12.1 Å². The van der Waals surface area contributed by atoms with Gasteiger partial charge in [0.05, 0.1) is 12.7 Å². The summed E-state index contributed by atoms with van der Waals surface area (Å²) in [6.07, 6.45) is 5.40. The molecule has 0 bridgehead atoms. The van der Waals surface area contributed by atoms with E-state index in [9.17, 15) is 0 Å². The Morgan fingerprint density at radius 2 is 2.21 bits per heavy atom. The molecule has 1 unspecified atom stereocenters. The molecule has 1 aliphatic heterocycles. The number of hydrogen-bond donors (Lipinski definition) is 3. The van der Waals surface area contributed by atoms with Gasteiger partial charge in [0.25, 0.3) is 0 Å². The van der Waals surface area contributed by atoms with Crippen LogP contribution in [0.15, 0.2) is 46.1 Å². The van der Waals surface area contributed by atoms with Crippen molar-refractivity contribution >= 4 is 29.3 Å². The largest absolute Gasteiger partial charge is 0.468 e. The molecule has 3 heterocycles. The monoisotopic (exact) mass is 536 g/mol. The average molecular weight is 537 g/mol. The van der Waals surface area contributed by atoms with Crippen LogP contribution >= 0.6 is 0 Å². The minimum atomic E-state index is -0.405. The molecule has 1 saturated heterocycles. The molecule has 2 fully saturated rings. The fourth-order valence-electron chi connectivity index (χ4n) is 4.79. The van der Waals surface area contributed by atoms with Gasteiger partial charge in [-0.2, -0.15) is 5.10 Å². The number of aromatic amines is 2. The van der Waals surface area contributed by atoms with Crippen molar-refractivity contribution in [3.05, 3.63) is 53.4 Å². The number of hydrogen-bond acceptors (Lipinski definition) is 7. The number of H-pyrrole nitrogens is 2. The molecular weight excluding hydrogens is 499 g/mol. The number of ether oxygens (including phenoxy) is 2. The van der Waals surface area contributed by atoms with Crippen molar-refractivity contribution in [1.29, 1.82) is 0 Å². The van der Waals surface area contributed by atoms with Crippen molar-refractivity contribution in [2.45, 2.75) is 32.3 Å². The lowest BCUT2D eigenvalue weighted by Crippen LogP contribution is -2.48. The minimum absolute atomic E-state index is 0.0226. The van der Waals surface area contributed by atoms with Gasteiger partial charge in [0.2, 0.25) is 0 Å². The van der Waals surface area contributed by atoms with Crippen molar-refractivity contribution < 1.29 is 13.9 Å². The number of benzene rings is 1. The van der Waals surface area contributed by atoms with Crippen molar-refractivity contribution in [2.24, 2.45) is 15.9 Å². The van der Waals surface area contributed by atoms with E-state index in [0.29, 0.717) is 42.6 Å². The van der Waals surface area contributed by atoms with Gasteiger partial charge in [-0.1, -0.05) is 0 Å². The Morgan fingerprint density at radius 1 is 1.36 bits per heavy atom. The summed E-state index contributed by atoms with van der Waals surface area (Å²) < 4.78 is 26.8. The highest BCUT2D eigenvalue weighted by atomic mass is 19.1. The van der Waals surface area contributed by atoms with Crippen LogP contribution in [0.3, 0.4) is 0 Å². The number of fused-ring (bicyclic) bond motifs is 1. The Bertz CT molecular complexity index is 1360. The number of morpholine rings is 1. The first-order valence-electron chi connectivity index (χ1n) is 13.3. The molecule has 1 aliphatic carbocycles. The zero-order valence-electron chi connectivity index (χ0n) is 22.8. The Balaban J connectivity index is 1.35. The van der Waals surface area contributed by atoms with Crippen LogP contribution < -0.4 is 10.1 Å². The Kier molecular flexibility index (Phi) is 8.27. The first-order valence-corrected chi connectivity index (χ1v) is 13.3. The molecule has 39 heavy (non-hydrogen) atoms. The maximum absolute atomic E-state index is 15.0. The summed E-state index contributed by atoms with van der Waals surface area (Å²) in [7, 11) is 4.04. The zero-order valence-corrected chi connectivity index (χ0v) is 22.8. The topological polar surface area (TPSA) is 106 Å². The number of nitrogens with zero attached hydrogens (tertiary/aromatic N) is 5. The van der Waals surface area contributed by atoms with E-state index in [1.807, 2.05) is 39.2 Å². The highest BCUT2D eigenvalue weighted by molar-refractivity contribution is 5.94. The number of nitrogens with one attached hydrogen (secondary N) is 3. The van der Waals surface area contributed by atoms with Gasteiger partial charge in [-0.05, 0) is 71.1 Å². The van der Waals surface area contributed by atoms with E-state index < -0.39 is 5.82 Å². The highest BCUT2D eigenvalue weighted by Crippen LogP contribution is 2.32. The SMILES string of the molecule is C=N/C(=C\C(=N/COc1ccc2[nH]c(C)cc2c1F)N1CCOC(CN(C)C)C1)Nc1cc(CC2CC2)[nH]n1. The first kappa shape index (κ1) is 26.9. The van der Waals surface area contributed by atoms with Gasteiger partial charge in [-0.15, -0.1) is 0 Å². The van der Waals surface area contributed by atoms with Gasteiger partial charge in [0.15, 0.2) is 24.1 Å². The third-order valence-corrected chi connectivity index (χ3v) is 6.84. The molecule has 3 N–H and O–H groups in total. The molecule has 0 radical (unpaired) electrons. The summed E-state index contributed by atoms with van der Waals surface area (Å²) in [5, 5.41) is 11.2. The fraction of sp³-hybridized carbons (Fsp3) is 0.464. The summed E-state index contributed by atoms with van der Waals surface area (Å²) in [5.74, 6) is 2.32. The third kappa shape index (κ3) is 7.04. The fourth-order valence-corrected chi connectivity index (χ4v) is 4.79. The predicted molar refractivity (Wildman–Crippen MR) is 152 cm³/mol. The van der Waals surface area contributed by atoms with Gasteiger partial charge in [0.1, 0.15) is 11.7 Å². The van der Waals surface area contributed by atoms with Crippen LogP contribution in [-0.2, 0) is 11.2 Å². The molecule has 1 aromatic carbocycles. The highest BCUT2D eigenvalue weighted by Gasteiger charge is 2.24. The van der Waals surface area contributed by atoms with Crippen LogP contribution in [0.25, 0.3) is 10.9 Å². The number of aromatic nitrogens is 3. The lowest BCUT2D eigenvalue weighted by molar-refractivity contribution is -0.0170. The third-order valence-electron chi connectivity index (χ3n) is 6.84. The second-order valence-corrected chi connectivity index (χ2v) is 10.5. The zero-order chi connectivity index (χ0) is 27.4. The van der Waals surface area contributed by atoms with Gasteiger partial charge in [0, 0.05) is 54.1 Å². The number of aryl methyl sites for hydroxylation is 1. The smallest absolute Gasteiger partial charge is 0.181 e. The van der Waals surface area contributed by atoms with E-state index in [4.69, 9.17) is 14.5 Å². The molecular formula is C28H37FN8O2. The first-order chi connectivity index (χ1) is 18.9. The summed E-state index contributed by atoms with van der Waals surface area (Å²) >= 11 is 0. The van der Waals surface area contributed by atoms with Gasteiger partial charge in [-0.3, -0.25) is 5.10 Å². The minimum Gasteiger partial charge on any atom is -0.468 e. The van der Waals surface area contributed by atoms with E-state index in [1.165, 1.54) is 12.8 Å². The molecule has 0 spiro atoms. The standard InChI is InChI=1S/C28H37FN8O2/c1-18-11-22-23(32-18)7-8-24(28(22)29)39-17-31-27(37-9-10-38-21(16-37)15-36(3)4)14-25(30-2)33-26-13-20(34-35-26)12-19-5-6-19/h7-8,11,13-14,19,21,32H,2,5-6,9-10,12,15-17H2,1,3-4H3,(H2,33,34,35)/b25-14+,31-27+. The van der Waals surface area contributed by atoms with E-state index in [2.05, 4.69) is 42.0 Å². The van der Waals surface area contributed by atoms with Crippen LogP contribution in [0.1, 0.15) is 24.2 Å². The molecule has 5 rings (SSSR count). The van der Waals surface area contributed by atoms with Crippen LogP contribution in [-0.4, -0.2) is 90.7 Å². The number of likely N-dealkylation sites (N-methyl/N-ethyl adjacent to an activating group) is 1. The number of halogens is 1. The van der Waals surface area contributed by atoms with Crippen molar-refractivity contribution in [3.8, 4) is 5.75 Å². The number of anilines is 1. The Labute approximate surface area is 228 Å². The maximum atomic E-state index is 15.0. The Morgan fingerprint density at radius 3 is 2.97 bits per heavy atom. The molecule has 1 atom stereocenters. The summed E-state index contributed by atoms with van der Waals surface area (Å²) in [6, 6.07) is 7.20. The summed E-state index contributed by atoms with van der Waals surface area (Å²) in [4.78, 5) is 16.3. The second-order valence-electron chi connectivity index (χ2n) is 10.5. The maximum Gasteiger partial charge on any atom is 0.181 e. The van der Waals surface area contributed by atoms with Crippen molar-refractivity contribution in [3.63, 3.8) is 0 Å². The molecule has 208 valence electrons. The lowest BCUT2D eigenvalue weighted by atomic mass is 10.2. The van der Waals surface area contributed by atoms with Crippen LogP contribution in [0.4, 0.5) is 10.2 Å². The Hall–Kier alpha value is -3.70. The molecule has 11 heteroatoms. The van der Waals surface area contributed by atoms with Gasteiger partial charge >= 0.3 is 0 Å². The summed E-state index contributed by atoms with van der Waals surface area (Å²) in [6.45, 7) is 8.22. The second kappa shape index (κ2) is 12.0. The quantitative estimate of drug-likeness (QED) is 0.253. The van der Waals surface area contributed by atoms with Gasteiger partial charge < -0.3 is 29.6 Å². The van der Waals surface area contributed by atoms with Gasteiger partial charge in [-0.25, -0.2) is 14.4 Å². The van der Waals surface area contributed by atoms with Crippen LogP contribution in [0.2, 0.25) is 0 Å². The summed E-state index contributed by atoms with van der Waals surface area (Å²) in [5.41, 5.74) is 2.72.